The molecule has 1 saturated carbocycles. The van der Waals surface area contributed by atoms with Crippen LogP contribution >= 0.6 is 0 Å². The summed E-state index contributed by atoms with van der Waals surface area (Å²) >= 11 is 0. The molecule has 1 aliphatic carbocycles. The van der Waals surface area contributed by atoms with E-state index in [9.17, 15) is 19.2 Å². The molecule has 38 heavy (non-hydrogen) atoms. The fourth-order valence-electron chi connectivity index (χ4n) is 4.25. The molecule has 0 spiro atoms. The number of hydrogen-bond acceptors (Lipinski definition) is 6. The van der Waals surface area contributed by atoms with Crippen LogP contribution in [0, 0.1) is 19.8 Å². The summed E-state index contributed by atoms with van der Waals surface area (Å²) in [6.07, 6.45) is 1.54. The first-order valence-corrected chi connectivity index (χ1v) is 13.6. The van der Waals surface area contributed by atoms with Gasteiger partial charge in [0.25, 0.3) is 0 Å². The maximum absolute atomic E-state index is 14.2. The van der Waals surface area contributed by atoms with E-state index >= 15 is 0 Å². The lowest BCUT2D eigenvalue weighted by Gasteiger charge is -2.37. The molecule has 2 N–H and O–H groups in total. The molecule has 3 atom stereocenters. The van der Waals surface area contributed by atoms with Gasteiger partial charge in [0, 0.05) is 12.6 Å². The first-order chi connectivity index (χ1) is 17.8. The molecular formula is C29H45N3O6. The molecule has 3 unspecified atom stereocenters. The molecule has 1 aromatic rings. The summed E-state index contributed by atoms with van der Waals surface area (Å²) in [5.41, 5.74) is 1.92. The van der Waals surface area contributed by atoms with Gasteiger partial charge in [0.15, 0.2) is 0 Å². The highest BCUT2D eigenvalue weighted by atomic mass is 16.6. The van der Waals surface area contributed by atoms with Crippen LogP contribution < -0.4 is 10.6 Å². The summed E-state index contributed by atoms with van der Waals surface area (Å²) in [7, 11) is 0. The number of nitrogens with zero attached hydrogens (tertiary/aromatic N) is 1. The van der Waals surface area contributed by atoms with Crippen LogP contribution in [0.25, 0.3) is 0 Å². The summed E-state index contributed by atoms with van der Waals surface area (Å²) < 4.78 is 10.4. The van der Waals surface area contributed by atoms with Gasteiger partial charge in [0.05, 0.1) is 13.0 Å². The lowest BCUT2D eigenvalue weighted by atomic mass is 9.93. The fourth-order valence-corrected chi connectivity index (χ4v) is 4.25. The van der Waals surface area contributed by atoms with Gasteiger partial charge in [-0.15, -0.1) is 0 Å². The number of esters is 1. The first-order valence-electron chi connectivity index (χ1n) is 13.6. The molecule has 1 aromatic carbocycles. The van der Waals surface area contributed by atoms with E-state index in [-0.39, 0.29) is 43.3 Å². The van der Waals surface area contributed by atoms with E-state index in [4.69, 9.17) is 9.47 Å². The van der Waals surface area contributed by atoms with Gasteiger partial charge < -0.3 is 25.0 Å². The third-order valence-corrected chi connectivity index (χ3v) is 6.75. The van der Waals surface area contributed by atoms with Crippen molar-refractivity contribution in [2.75, 3.05) is 13.2 Å². The van der Waals surface area contributed by atoms with Gasteiger partial charge in [-0.3, -0.25) is 14.4 Å². The van der Waals surface area contributed by atoms with Crippen LogP contribution in [0.4, 0.5) is 4.79 Å². The van der Waals surface area contributed by atoms with Crippen LogP contribution in [0.15, 0.2) is 18.2 Å². The van der Waals surface area contributed by atoms with Gasteiger partial charge in [-0.1, -0.05) is 38.5 Å². The lowest BCUT2D eigenvalue weighted by molar-refractivity contribution is -0.145. The topological polar surface area (TPSA) is 114 Å². The third kappa shape index (κ3) is 8.74. The molecule has 0 saturated heterocycles. The molecule has 0 bridgehead atoms. The Bertz CT molecular complexity index is 999. The second-order valence-corrected chi connectivity index (χ2v) is 11.0. The van der Waals surface area contributed by atoms with Gasteiger partial charge in [-0.25, -0.2) is 4.79 Å². The maximum atomic E-state index is 14.2. The Hall–Kier alpha value is -3.10. The fraction of sp³-hybridized carbons (Fsp3) is 0.655. The Morgan fingerprint density at radius 2 is 1.76 bits per heavy atom. The van der Waals surface area contributed by atoms with E-state index in [1.165, 1.54) is 0 Å². The third-order valence-electron chi connectivity index (χ3n) is 6.75. The molecule has 0 radical (unpaired) electrons. The van der Waals surface area contributed by atoms with Gasteiger partial charge in [0.1, 0.15) is 17.7 Å². The molecule has 3 amide bonds. The number of carbonyl (C=O) groups is 4. The molecule has 2 rings (SSSR count). The molecule has 1 fully saturated rings. The number of alkyl carbamates (subject to hydrolysis) is 1. The minimum atomic E-state index is -0.913. The number of amides is 3. The Balaban J connectivity index is 2.45. The quantitative estimate of drug-likeness (QED) is 0.388. The molecule has 9 heteroatoms. The van der Waals surface area contributed by atoms with E-state index < -0.39 is 29.7 Å². The molecule has 0 heterocycles. The number of benzene rings is 1. The Morgan fingerprint density at radius 3 is 2.32 bits per heavy atom. The summed E-state index contributed by atoms with van der Waals surface area (Å²) in [5.74, 6) is -1.28. The summed E-state index contributed by atoms with van der Waals surface area (Å²) in [4.78, 5) is 54.1. The van der Waals surface area contributed by atoms with Crippen LogP contribution in [0.3, 0.4) is 0 Å². The van der Waals surface area contributed by atoms with Crippen molar-refractivity contribution in [1.82, 2.24) is 15.5 Å². The predicted octanol–water partition coefficient (Wildman–Crippen LogP) is 4.34. The molecule has 0 aliphatic heterocycles. The van der Waals surface area contributed by atoms with Gasteiger partial charge >= 0.3 is 12.1 Å². The second-order valence-electron chi connectivity index (χ2n) is 11.0. The Kier molecular flexibility index (Phi) is 11.2. The summed E-state index contributed by atoms with van der Waals surface area (Å²) in [6.45, 7) is 15.1. The van der Waals surface area contributed by atoms with E-state index in [0.29, 0.717) is 6.42 Å². The number of ether oxygens (including phenoxy) is 2. The van der Waals surface area contributed by atoms with Crippen molar-refractivity contribution in [2.45, 2.75) is 105 Å². The Morgan fingerprint density at radius 1 is 1.11 bits per heavy atom. The summed E-state index contributed by atoms with van der Waals surface area (Å²) in [6, 6.07) is 3.79. The van der Waals surface area contributed by atoms with Crippen molar-refractivity contribution in [3.05, 3.63) is 34.9 Å². The first kappa shape index (κ1) is 31.1. The highest BCUT2D eigenvalue weighted by Gasteiger charge is 2.45. The van der Waals surface area contributed by atoms with Crippen LogP contribution in [-0.2, 0) is 23.9 Å². The number of aryl methyl sites for hydroxylation is 1. The highest BCUT2D eigenvalue weighted by Crippen LogP contribution is 2.37. The van der Waals surface area contributed by atoms with Crippen molar-refractivity contribution in [2.24, 2.45) is 5.92 Å². The zero-order valence-corrected chi connectivity index (χ0v) is 24.2. The monoisotopic (exact) mass is 531 g/mol. The molecular weight excluding hydrogens is 486 g/mol. The molecule has 9 nitrogen and oxygen atoms in total. The van der Waals surface area contributed by atoms with Gasteiger partial charge in [-0.05, 0) is 77.0 Å². The zero-order chi connectivity index (χ0) is 28.6. The minimum absolute atomic E-state index is 0.0339. The van der Waals surface area contributed by atoms with Crippen LogP contribution in [-0.4, -0.2) is 59.6 Å². The van der Waals surface area contributed by atoms with E-state index in [2.05, 4.69) is 10.6 Å². The van der Waals surface area contributed by atoms with E-state index in [1.807, 2.05) is 45.9 Å². The average molecular weight is 532 g/mol. The van der Waals surface area contributed by atoms with Crippen LogP contribution in [0.2, 0.25) is 0 Å². The SMILES string of the molecule is CCOC(=O)CCNC(=O)C(c1cccc(C)c1C)N(C(=O)C(NC(=O)OC(C)(C)C)C(C)CC)C1CC1. The van der Waals surface area contributed by atoms with Crippen molar-refractivity contribution in [3.8, 4) is 0 Å². The van der Waals surface area contributed by atoms with Crippen LogP contribution in [0.1, 0.15) is 90.0 Å². The number of carbonyl (C=O) groups excluding carboxylic acids is 4. The average Bonchev–Trinajstić information content (AvgIpc) is 3.66. The largest absolute Gasteiger partial charge is 0.466 e. The van der Waals surface area contributed by atoms with E-state index in [1.54, 1.807) is 32.6 Å². The number of rotatable bonds is 12. The van der Waals surface area contributed by atoms with Gasteiger partial charge in [-0.2, -0.15) is 0 Å². The van der Waals surface area contributed by atoms with Crippen molar-refractivity contribution in [3.63, 3.8) is 0 Å². The standard InChI is InChI=1S/C29H45N3O6/c1-9-18(3)24(31-28(36)38-29(6,7)8)27(35)32(21-14-15-21)25(22-13-11-12-19(4)20(22)5)26(34)30-17-16-23(33)37-10-2/h11-13,18,21,24-25H,9-10,14-17H2,1-8H3,(H,30,34)(H,31,36). The molecule has 1 aliphatic rings. The van der Waals surface area contributed by atoms with Crippen molar-refractivity contribution >= 4 is 23.9 Å². The van der Waals surface area contributed by atoms with Crippen molar-refractivity contribution < 1.29 is 28.7 Å². The smallest absolute Gasteiger partial charge is 0.408 e. The molecule has 0 aromatic heterocycles. The highest BCUT2D eigenvalue weighted by molar-refractivity contribution is 5.93. The van der Waals surface area contributed by atoms with Crippen molar-refractivity contribution in [1.29, 1.82) is 0 Å². The minimum Gasteiger partial charge on any atom is -0.466 e. The van der Waals surface area contributed by atoms with E-state index in [0.717, 1.165) is 29.5 Å². The lowest BCUT2D eigenvalue weighted by Crippen LogP contribution is -2.56. The Labute approximate surface area is 227 Å². The van der Waals surface area contributed by atoms with Gasteiger partial charge in [0.2, 0.25) is 11.8 Å². The normalized spacial score (nSPS) is 15.6. The second kappa shape index (κ2) is 13.6. The number of nitrogens with one attached hydrogen (secondary N) is 2. The molecule has 212 valence electrons. The number of hydrogen-bond donors (Lipinski definition) is 2. The maximum Gasteiger partial charge on any atom is 0.408 e. The van der Waals surface area contributed by atoms with Crippen LogP contribution in [0.5, 0.6) is 0 Å². The zero-order valence-electron chi connectivity index (χ0n) is 24.2. The predicted molar refractivity (Wildman–Crippen MR) is 145 cm³/mol. The summed E-state index contributed by atoms with van der Waals surface area (Å²) in [5, 5.41) is 5.63.